The van der Waals surface area contributed by atoms with Crippen molar-refractivity contribution in [1.29, 1.82) is 0 Å². The molecule has 9 nitrogen and oxygen atoms in total. The Morgan fingerprint density at radius 1 is 0.902 bits per heavy atom. The molecule has 41 heavy (non-hydrogen) atoms. The number of ether oxygens (including phenoxy) is 2. The molecule has 3 aliphatic rings. The van der Waals surface area contributed by atoms with E-state index in [1.165, 1.54) is 0 Å². The monoisotopic (exact) mass is 572 g/mol. The largest absolute Gasteiger partial charge is 0.481 e. The van der Waals surface area contributed by atoms with Crippen LogP contribution >= 0.6 is 0 Å². The molecule has 0 spiro atoms. The van der Waals surface area contributed by atoms with Gasteiger partial charge < -0.3 is 19.7 Å². The number of hydrogen-bond donors (Lipinski definition) is 2. The summed E-state index contributed by atoms with van der Waals surface area (Å²) in [7, 11) is 0. The molecule has 0 saturated heterocycles. The first-order chi connectivity index (χ1) is 19.2. The van der Waals surface area contributed by atoms with Gasteiger partial charge in [-0.1, -0.05) is 60.3 Å². The zero-order chi connectivity index (χ0) is 30.5. The normalized spacial score (nSPS) is 21.1. The molecule has 1 aromatic rings. The maximum Gasteiger partial charge on any atom is 0.311 e. The number of carbonyl (C=O) groups excluding carboxylic acids is 3. The minimum Gasteiger partial charge on any atom is -0.481 e. The number of aliphatic carboxylic acids is 2. The van der Waals surface area contributed by atoms with Crippen molar-refractivity contribution in [1.82, 2.24) is 0 Å². The van der Waals surface area contributed by atoms with Crippen LogP contribution in [-0.4, -0.2) is 39.9 Å². The number of benzene rings is 1. The molecular weight excluding hydrogens is 528 g/mol. The summed E-state index contributed by atoms with van der Waals surface area (Å²) < 4.78 is 11.6. The van der Waals surface area contributed by atoms with E-state index in [1.54, 1.807) is 12.1 Å². The van der Waals surface area contributed by atoms with Gasteiger partial charge in [-0.15, -0.1) is 0 Å². The van der Waals surface area contributed by atoms with Gasteiger partial charge in [-0.2, -0.15) is 0 Å². The number of hydrogen-bond acceptors (Lipinski definition) is 7. The molecule has 2 bridgehead atoms. The lowest BCUT2D eigenvalue weighted by atomic mass is 9.44. The van der Waals surface area contributed by atoms with E-state index in [1.807, 2.05) is 13.8 Å². The van der Waals surface area contributed by atoms with Gasteiger partial charge in [-0.25, -0.2) is 0 Å². The molecule has 0 aliphatic heterocycles. The van der Waals surface area contributed by atoms with Crippen LogP contribution in [0, 0.1) is 17.3 Å². The third-order valence-corrected chi connectivity index (χ3v) is 9.08. The SMILES string of the molecule is CCCCCCC(C)(C)c1cc(OC(=O)CCC(=O)O)c([C@H]2CC(=O)C3CC2C3(C)C)c(OC(=O)CCC(=O)O)c1. The molecule has 9 heteroatoms. The Morgan fingerprint density at radius 3 is 1.88 bits per heavy atom. The predicted molar refractivity (Wildman–Crippen MR) is 151 cm³/mol. The molecule has 0 amide bonds. The number of carbonyl (C=O) groups is 5. The topological polar surface area (TPSA) is 144 Å². The standard InChI is InChI=1S/C32H44O9/c1-6-7-8-9-14-31(2,3)19-15-24(40-28(38)12-10-26(34)35)30(25(16-19)41-29(39)13-11-27(36)37)20-17-23(33)22-18-21(20)32(22,4)5/h15-16,20-22H,6-14,17-18H2,1-5H3,(H,34,35)(H,36,37)/t20-,21?,22?/m0/s1. The molecule has 0 heterocycles. The van der Waals surface area contributed by atoms with E-state index in [-0.39, 0.29) is 65.1 Å². The molecular formula is C32H44O9. The van der Waals surface area contributed by atoms with Gasteiger partial charge in [-0.05, 0) is 47.3 Å². The highest BCUT2D eigenvalue weighted by atomic mass is 16.5. The molecule has 3 aliphatic carbocycles. The minimum absolute atomic E-state index is 0.0480. The van der Waals surface area contributed by atoms with E-state index >= 15 is 0 Å². The third kappa shape index (κ3) is 7.74. The van der Waals surface area contributed by atoms with Crippen molar-refractivity contribution in [3.63, 3.8) is 0 Å². The molecule has 226 valence electrons. The smallest absolute Gasteiger partial charge is 0.311 e. The molecule has 3 atom stereocenters. The Kier molecular flexibility index (Phi) is 10.4. The Labute approximate surface area is 242 Å². The second-order valence-corrected chi connectivity index (χ2v) is 12.8. The van der Waals surface area contributed by atoms with Gasteiger partial charge >= 0.3 is 23.9 Å². The van der Waals surface area contributed by atoms with Gasteiger partial charge in [0.1, 0.15) is 17.3 Å². The second-order valence-electron chi connectivity index (χ2n) is 12.8. The highest BCUT2D eigenvalue weighted by Gasteiger charge is 2.59. The van der Waals surface area contributed by atoms with E-state index in [4.69, 9.17) is 19.7 Å². The van der Waals surface area contributed by atoms with Crippen molar-refractivity contribution >= 4 is 29.7 Å². The Bertz CT molecular complexity index is 1130. The van der Waals surface area contributed by atoms with Crippen LogP contribution in [0.1, 0.15) is 122 Å². The number of carboxylic acids is 2. The van der Waals surface area contributed by atoms with Gasteiger partial charge in [-0.3, -0.25) is 24.0 Å². The number of ketones is 1. The fourth-order valence-corrected chi connectivity index (χ4v) is 6.42. The Hall–Kier alpha value is -3.23. The molecule has 4 rings (SSSR count). The van der Waals surface area contributed by atoms with Crippen molar-refractivity contribution in [2.45, 2.75) is 117 Å². The summed E-state index contributed by atoms with van der Waals surface area (Å²) in [5.41, 5.74) is 0.534. The summed E-state index contributed by atoms with van der Waals surface area (Å²) in [5, 5.41) is 18.1. The van der Waals surface area contributed by atoms with Gasteiger partial charge in [0.15, 0.2) is 0 Å². The average molecular weight is 573 g/mol. The maximum atomic E-state index is 13.1. The number of rotatable bonds is 15. The van der Waals surface area contributed by atoms with Crippen molar-refractivity contribution in [3.05, 3.63) is 23.3 Å². The number of unbranched alkanes of at least 4 members (excludes halogenated alkanes) is 3. The summed E-state index contributed by atoms with van der Waals surface area (Å²) >= 11 is 0. The van der Waals surface area contributed by atoms with E-state index in [9.17, 15) is 24.0 Å². The zero-order valence-corrected chi connectivity index (χ0v) is 24.9. The number of carboxylic acid groups (broad SMARTS) is 2. The van der Waals surface area contributed by atoms with Crippen molar-refractivity contribution < 1.29 is 43.7 Å². The van der Waals surface area contributed by atoms with Gasteiger partial charge in [0.05, 0.1) is 25.7 Å². The summed E-state index contributed by atoms with van der Waals surface area (Å²) in [4.78, 5) is 61.0. The highest BCUT2D eigenvalue weighted by molar-refractivity contribution is 5.87. The highest BCUT2D eigenvalue weighted by Crippen LogP contribution is 2.64. The Morgan fingerprint density at radius 2 is 1.44 bits per heavy atom. The van der Waals surface area contributed by atoms with Crippen molar-refractivity contribution in [3.8, 4) is 11.5 Å². The lowest BCUT2D eigenvalue weighted by molar-refractivity contribution is -0.152. The van der Waals surface area contributed by atoms with E-state index in [0.717, 1.165) is 37.7 Å². The van der Waals surface area contributed by atoms with Crippen LogP contribution in [0.3, 0.4) is 0 Å². The number of fused-ring (bicyclic) bond motifs is 2. The fraction of sp³-hybridized carbons (Fsp3) is 0.656. The minimum atomic E-state index is -1.13. The quantitative estimate of drug-likeness (QED) is 0.143. The van der Waals surface area contributed by atoms with Crippen LogP contribution in [-0.2, 0) is 29.4 Å². The summed E-state index contributed by atoms with van der Waals surface area (Å²) in [6.45, 7) is 10.3. The van der Waals surface area contributed by atoms with Crippen molar-refractivity contribution in [2.75, 3.05) is 0 Å². The lowest BCUT2D eigenvalue weighted by Crippen LogP contribution is -2.56. The predicted octanol–water partition coefficient (Wildman–Crippen LogP) is 6.19. The maximum absolute atomic E-state index is 13.1. The van der Waals surface area contributed by atoms with Crippen LogP contribution in [0.2, 0.25) is 0 Å². The molecule has 3 fully saturated rings. The molecule has 1 aromatic carbocycles. The van der Waals surface area contributed by atoms with Crippen LogP contribution < -0.4 is 9.47 Å². The van der Waals surface area contributed by atoms with Crippen LogP contribution in [0.15, 0.2) is 12.1 Å². The molecule has 2 N–H and O–H groups in total. The molecule has 3 saturated carbocycles. The van der Waals surface area contributed by atoms with Gasteiger partial charge in [0.2, 0.25) is 0 Å². The van der Waals surface area contributed by atoms with Gasteiger partial charge in [0.25, 0.3) is 0 Å². The number of esters is 2. The summed E-state index contributed by atoms with van der Waals surface area (Å²) in [6.07, 6.45) is 4.49. The molecule has 0 radical (unpaired) electrons. The first-order valence-corrected chi connectivity index (χ1v) is 14.7. The second kappa shape index (κ2) is 13.2. The molecule has 2 unspecified atom stereocenters. The van der Waals surface area contributed by atoms with Crippen molar-refractivity contribution in [2.24, 2.45) is 17.3 Å². The average Bonchev–Trinajstić information content (AvgIpc) is 2.88. The summed E-state index contributed by atoms with van der Waals surface area (Å²) in [5.74, 6) is -3.64. The lowest BCUT2D eigenvalue weighted by Gasteiger charge is -2.59. The first-order valence-electron chi connectivity index (χ1n) is 14.7. The zero-order valence-electron chi connectivity index (χ0n) is 24.9. The third-order valence-electron chi connectivity index (χ3n) is 9.08. The summed E-state index contributed by atoms with van der Waals surface area (Å²) in [6, 6.07) is 3.54. The Balaban J connectivity index is 2.12. The van der Waals surface area contributed by atoms with Crippen LogP contribution in [0.4, 0.5) is 0 Å². The first kappa shape index (κ1) is 32.3. The van der Waals surface area contributed by atoms with E-state index in [2.05, 4.69) is 20.8 Å². The molecule has 0 aromatic heterocycles. The number of Topliss-reactive ketones (excluding diaryl/α,β-unsaturated/α-hetero) is 1. The van der Waals surface area contributed by atoms with Gasteiger partial charge in [0, 0.05) is 23.8 Å². The fourth-order valence-electron chi connectivity index (χ4n) is 6.42. The van der Waals surface area contributed by atoms with E-state index in [0.29, 0.717) is 12.0 Å². The van der Waals surface area contributed by atoms with Crippen LogP contribution in [0.25, 0.3) is 0 Å². The van der Waals surface area contributed by atoms with Crippen LogP contribution in [0.5, 0.6) is 11.5 Å². The van der Waals surface area contributed by atoms with E-state index < -0.39 is 36.7 Å².